The van der Waals surface area contributed by atoms with Crippen LogP contribution in [0.25, 0.3) is 0 Å². The highest BCUT2D eigenvalue weighted by molar-refractivity contribution is 4.94. The maximum Gasteiger partial charge on any atom is 0.0830 e. The third kappa shape index (κ3) is 2.81. The topological polar surface area (TPSA) is 50.9 Å². The zero-order valence-corrected chi connectivity index (χ0v) is 8.44. The molecule has 2 unspecified atom stereocenters. The molecule has 0 aromatic carbocycles. The van der Waals surface area contributed by atoms with Gasteiger partial charge in [0.15, 0.2) is 0 Å². The summed E-state index contributed by atoms with van der Waals surface area (Å²) < 4.78 is 1.68. The molecule has 1 heterocycles. The van der Waals surface area contributed by atoms with Crippen molar-refractivity contribution >= 4 is 0 Å². The van der Waals surface area contributed by atoms with Crippen LogP contribution in [0.2, 0.25) is 0 Å². The number of aryl methyl sites for hydroxylation is 1. The summed E-state index contributed by atoms with van der Waals surface area (Å²) in [5.41, 5.74) is 0.954. The van der Waals surface area contributed by atoms with E-state index in [1.54, 1.807) is 4.68 Å². The number of hydrogen-bond acceptors (Lipinski definition) is 3. The van der Waals surface area contributed by atoms with Crippen LogP contribution in [0, 0.1) is 5.92 Å². The van der Waals surface area contributed by atoms with Gasteiger partial charge in [-0.3, -0.25) is 4.68 Å². The minimum absolute atomic E-state index is 0.271. The summed E-state index contributed by atoms with van der Waals surface area (Å²) >= 11 is 0. The molecule has 0 saturated carbocycles. The first-order chi connectivity index (χ1) is 6.13. The average Bonchev–Trinajstić information content (AvgIpc) is 2.46. The highest BCUT2D eigenvalue weighted by atomic mass is 16.3. The molecule has 0 fully saturated rings. The monoisotopic (exact) mass is 183 g/mol. The minimum Gasteiger partial charge on any atom is -0.393 e. The molecule has 1 aromatic heterocycles. The van der Waals surface area contributed by atoms with E-state index in [0.29, 0.717) is 0 Å². The van der Waals surface area contributed by atoms with Gasteiger partial charge < -0.3 is 5.11 Å². The van der Waals surface area contributed by atoms with E-state index in [1.807, 2.05) is 20.2 Å². The summed E-state index contributed by atoms with van der Waals surface area (Å²) in [6.45, 7) is 3.90. The lowest BCUT2D eigenvalue weighted by Gasteiger charge is -2.15. The lowest BCUT2D eigenvalue weighted by Crippen LogP contribution is -2.18. The molecule has 0 aliphatic heterocycles. The molecule has 0 bridgehead atoms. The quantitative estimate of drug-likeness (QED) is 0.750. The molecule has 1 rings (SSSR count). The van der Waals surface area contributed by atoms with Crippen molar-refractivity contribution in [3.05, 3.63) is 11.9 Å². The van der Waals surface area contributed by atoms with Gasteiger partial charge in [0.1, 0.15) is 0 Å². The smallest absolute Gasteiger partial charge is 0.0830 e. The van der Waals surface area contributed by atoms with Crippen molar-refractivity contribution in [1.82, 2.24) is 15.0 Å². The maximum absolute atomic E-state index is 9.43. The standard InChI is InChI=1S/C9H17N3O/c1-4-8(7(2)13)5-9-6-12(3)11-10-9/h6-8,13H,4-5H2,1-3H3. The summed E-state index contributed by atoms with van der Waals surface area (Å²) in [7, 11) is 1.85. The van der Waals surface area contributed by atoms with Crippen LogP contribution in [0.4, 0.5) is 0 Å². The van der Waals surface area contributed by atoms with Gasteiger partial charge in [0.05, 0.1) is 11.8 Å². The van der Waals surface area contributed by atoms with Gasteiger partial charge in [-0.1, -0.05) is 18.6 Å². The molecule has 2 atom stereocenters. The van der Waals surface area contributed by atoms with Crippen LogP contribution in [-0.2, 0) is 13.5 Å². The van der Waals surface area contributed by atoms with Crippen LogP contribution >= 0.6 is 0 Å². The highest BCUT2D eigenvalue weighted by Crippen LogP contribution is 2.13. The van der Waals surface area contributed by atoms with E-state index >= 15 is 0 Å². The first-order valence-electron chi connectivity index (χ1n) is 4.66. The molecule has 1 N–H and O–H groups in total. The summed E-state index contributed by atoms with van der Waals surface area (Å²) in [6.07, 6.45) is 3.40. The number of rotatable bonds is 4. The van der Waals surface area contributed by atoms with Gasteiger partial charge in [-0.15, -0.1) is 5.10 Å². The molecule has 4 nitrogen and oxygen atoms in total. The molecule has 1 aromatic rings. The predicted molar refractivity (Wildman–Crippen MR) is 50.2 cm³/mol. The van der Waals surface area contributed by atoms with Crippen molar-refractivity contribution in [1.29, 1.82) is 0 Å². The molecule has 4 heteroatoms. The summed E-state index contributed by atoms with van der Waals surface area (Å²) in [4.78, 5) is 0. The molecule has 0 saturated heterocycles. The zero-order chi connectivity index (χ0) is 9.84. The van der Waals surface area contributed by atoms with E-state index in [-0.39, 0.29) is 12.0 Å². The van der Waals surface area contributed by atoms with Crippen molar-refractivity contribution in [2.24, 2.45) is 13.0 Å². The van der Waals surface area contributed by atoms with Gasteiger partial charge in [0.25, 0.3) is 0 Å². The second-order valence-corrected chi connectivity index (χ2v) is 3.50. The first-order valence-corrected chi connectivity index (χ1v) is 4.66. The van der Waals surface area contributed by atoms with Gasteiger partial charge in [-0.05, 0) is 19.3 Å². The molecular weight excluding hydrogens is 166 g/mol. The Morgan fingerprint density at radius 2 is 2.31 bits per heavy atom. The average molecular weight is 183 g/mol. The molecule has 0 amide bonds. The number of nitrogens with zero attached hydrogens (tertiary/aromatic N) is 3. The number of aliphatic hydroxyl groups is 1. The van der Waals surface area contributed by atoms with Gasteiger partial charge >= 0.3 is 0 Å². The van der Waals surface area contributed by atoms with E-state index in [0.717, 1.165) is 18.5 Å². The normalized spacial score (nSPS) is 15.7. The van der Waals surface area contributed by atoms with Crippen molar-refractivity contribution in [2.75, 3.05) is 0 Å². The fraction of sp³-hybridized carbons (Fsp3) is 0.778. The molecule has 74 valence electrons. The maximum atomic E-state index is 9.43. The van der Waals surface area contributed by atoms with E-state index in [1.165, 1.54) is 0 Å². The molecular formula is C9H17N3O. The number of aliphatic hydroxyl groups excluding tert-OH is 1. The van der Waals surface area contributed by atoms with E-state index < -0.39 is 0 Å². The van der Waals surface area contributed by atoms with Crippen LogP contribution in [0.15, 0.2) is 6.20 Å². The number of hydrogen-bond donors (Lipinski definition) is 1. The molecule has 0 aliphatic carbocycles. The van der Waals surface area contributed by atoms with E-state index in [2.05, 4.69) is 17.2 Å². The van der Waals surface area contributed by atoms with Crippen molar-refractivity contribution in [2.45, 2.75) is 32.8 Å². The fourth-order valence-corrected chi connectivity index (χ4v) is 1.41. The summed E-state index contributed by atoms with van der Waals surface area (Å²) in [5.74, 6) is 0.289. The van der Waals surface area contributed by atoms with Crippen LogP contribution < -0.4 is 0 Å². The second-order valence-electron chi connectivity index (χ2n) is 3.50. The largest absolute Gasteiger partial charge is 0.393 e. The SMILES string of the molecule is CCC(Cc1cn(C)nn1)C(C)O. The lowest BCUT2D eigenvalue weighted by atomic mass is 9.95. The van der Waals surface area contributed by atoms with Crippen LogP contribution in [0.3, 0.4) is 0 Å². The first kappa shape index (κ1) is 10.2. The highest BCUT2D eigenvalue weighted by Gasteiger charge is 2.14. The minimum atomic E-state index is -0.271. The van der Waals surface area contributed by atoms with Crippen LogP contribution in [-0.4, -0.2) is 26.2 Å². The Balaban J connectivity index is 2.56. The Morgan fingerprint density at radius 1 is 1.62 bits per heavy atom. The molecule has 0 radical (unpaired) electrons. The summed E-state index contributed by atoms with van der Waals surface area (Å²) in [6, 6.07) is 0. The van der Waals surface area contributed by atoms with E-state index in [4.69, 9.17) is 0 Å². The Hall–Kier alpha value is -0.900. The predicted octanol–water partition coefficient (Wildman–Crippen LogP) is 0.765. The van der Waals surface area contributed by atoms with Gasteiger partial charge in [-0.25, -0.2) is 0 Å². The van der Waals surface area contributed by atoms with Gasteiger partial charge in [0, 0.05) is 13.2 Å². The molecule has 0 aliphatic rings. The Kier molecular flexibility index (Phi) is 3.42. The van der Waals surface area contributed by atoms with Gasteiger partial charge in [0.2, 0.25) is 0 Å². The van der Waals surface area contributed by atoms with Crippen LogP contribution in [0.1, 0.15) is 26.0 Å². The molecule has 0 spiro atoms. The fourth-order valence-electron chi connectivity index (χ4n) is 1.41. The Bertz CT molecular complexity index is 257. The van der Waals surface area contributed by atoms with Crippen molar-refractivity contribution in [3.8, 4) is 0 Å². The van der Waals surface area contributed by atoms with Crippen LogP contribution in [0.5, 0.6) is 0 Å². The second kappa shape index (κ2) is 4.37. The van der Waals surface area contributed by atoms with Crippen molar-refractivity contribution < 1.29 is 5.11 Å². The molecule has 13 heavy (non-hydrogen) atoms. The third-order valence-electron chi connectivity index (χ3n) is 2.33. The Labute approximate surface area is 78.6 Å². The van der Waals surface area contributed by atoms with Gasteiger partial charge in [-0.2, -0.15) is 0 Å². The number of aromatic nitrogens is 3. The lowest BCUT2D eigenvalue weighted by molar-refractivity contribution is 0.122. The Morgan fingerprint density at radius 3 is 2.69 bits per heavy atom. The summed E-state index contributed by atoms with van der Waals surface area (Å²) in [5, 5.41) is 17.3. The van der Waals surface area contributed by atoms with E-state index in [9.17, 15) is 5.11 Å². The third-order valence-corrected chi connectivity index (χ3v) is 2.33. The van der Waals surface area contributed by atoms with Crippen molar-refractivity contribution in [3.63, 3.8) is 0 Å². The zero-order valence-electron chi connectivity index (χ0n) is 8.44.